The van der Waals surface area contributed by atoms with Crippen molar-refractivity contribution in [2.75, 3.05) is 0 Å². The minimum Gasteiger partial charge on any atom is -0.391 e. The van der Waals surface area contributed by atoms with E-state index in [9.17, 15) is 14.7 Å². The number of rotatable bonds is 2. The van der Waals surface area contributed by atoms with E-state index >= 15 is 0 Å². The standard InChI is InChI=1S/C12H20N2O3/c15-10-5-3-1-2-4-8(10)14-12(17)9-6-7-11(16)13-9/h8-10,15H,1-7H2,(H,13,16)(H,14,17)/t8?,9-,10?/m1/s1. The summed E-state index contributed by atoms with van der Waals surface area (Å²) >= 11 is 0. The lowest BCUT2D eigenvalue weighted by atomic mass is 10.1. The van der Waals surface area contributed by atoms with Gasteiger partial charge in [-0.25, -0.2) is 0 Å². The van der Waals surface area contributed by atoms with Gasteiger partial charge >= 0.3 is 0 Å². The lowest BCUT2D eigenvalue weighted by Gasteiger charge is -2.23. The largest absolute Gasteiger partial charge is 0.391 e. The SMILES string of the molecule is O=C1CC[C@H](C(=O)NC2CCCCCC2O)N1. The van der Waals surface area contributed by atoms with Crippen LogP contribution >= 0.6 is 0 Å². The van der Waals surface area contributed by atoms with E-state index in [2.05, 4.69) is 10.6 Å². The maximum absolute atomic E-state index is 11.9. The molecule has 1 heterocycles. The number of aliphatic hydroxyl groups is 1. The summed E-state index contributed by atoms with van der Waals surface area (Å²) in [5, 5.41) is 15.4. The van der Waals surface area contributed by atoms with Gasteiger partial charge in [0.1, 0.15) is 6.04 Å². The number of amides is 2. The van der Waals surface area contributed by atoms with Crippen molar-refractivity contribution in [1.82, 2.24) is 10.6 Å². The third-order valence-electron chi connectivity index (χ3n) is 3.62. The van der Waals surface area contributed by atoms with Gasteiger partial charge < -0.3 is 15.7 Å². The average molecular weight is 240 g/mol. The lowest BCUT2D eigenvalue weighted by Crippen LogP contribution is -2.49. The number of carbonyl (C=O) groups is 2. The third-order valence-corrected chi connectivity index (χ3v) is 3.62. The van der Waals surface area contributed by atoms with Gasteiger partial charge in [0.25, 0.3) is 0 Å². The maximum atomic E-state index is 11.9. The molecule has 0 aromatic heterocycles. The van der Waals surface area contributed by atoms with Gasteiger partial charge in [-0.05, 0) is 19.3 Å². The van der Waals surface area contributed by atoms with Crippen LogP contribution in [0.15, 0.2) is 0 Å². The number of carbonyl (C=O) groups excluding carboxylic acids is 2. The molecule has 2 amide bonds. The minimum absolute atomic E-state index is 0.0634. The number of hydrogen-bond donors (Lipinski definition) is 3. The predicted molar refractivity (Wildman–Crippen MR) is 62.2 cm³/mol. The topological polar surface area (TPSA) is 78.4 Å². The highest BCUT2D eigenvalue weighted by atomic mass is 16.3. The smallest absolute Gasteiger partial charge is 0.242 e. The summed E-state index contributed by atoms with van der Waals surface area (Å²) in [5.41, 5.74) is 0. The van der Waals surface area contributed by atoms with E-state index < -0.39 is 12.1 Å². The zero-order valence-corrected chi connectivity index (χ0v) is 9.95. The molecule has 2 rings (SSSR count). The van der Waals surface area contributed by atoms with Crippen molar-refractivity contribution in [2.45, 2.75) is 63.1 Å². The molecular formula is C12H20N2O3. The van der Waals surface area contributed by atoms with E-state index in [1.807, 2.05) is 0 Å². The molecule has 3 atom stereocenters. The summed E-state index contributed by atoms with van der Waals surface area (Å²) in [4.78, 5) is 22.9. The molecule has 3 N–H and O–H groups in total. The summed E-state index contributed by atoms with van der Waals surface area (Å²) in [6.07, 6.45) is 5.29. The Morgan fingerprint density at radius 2 is 2.00 bits per heavy atom. The van der Waals surface area contributed by atoms with Crippen molar-refractivity contribution in [2.24, 2.45) is 0 Å². The minimum atomic E-state index is -0.446. The van der Waals surface area contributed by atoms with Crippen molar-refractivity contribution in [3.63, 3.8) is 0 Å². The fraction of sp³-hybridized carbons (Fsp3) is 0.833. The first kappa shape index (κ1) is 12.4. The molecule has 0 aromatic carbocycles. The van der Waals surface area contributed by atoms with Crippen molar-refractivity contribution < 1.29 is 14.7 Å². The first-order chi connectivity index (χ1) is 8.16. The number of nitrogens with one attached hydrogen (secondary N) is 2. The van der Waals surface area contributed by atoms with Crippen LogP contribution in [-0.4, -0.2) is 35.1 Å². The second-order valence-corrected chi connectivity index (χ2v) is 4.98. The van der Waals surface area contributed by atoms with Crippen molar-refractivity contribution in [1.29, 1.82) is 0 Å². The molecule has 0 spiro atoms. The van der Waals surface area contributed by atoms with Crippen LogP contribution in [0.1, 0.15) is 44.9 Å². The molecule has 2 unspecified atom stereocenters. The molecule has 5 nitrogen and oxygen atoms in total. The van der Waals surface area contributed by atoms with Gasteiger partial charge in [-0.2, -0.15) is 0 Å². The van der Waals surface area contributed by atoms with Crippen LogP contribution < -0.4 is 10.6 Å². The Morgan fingerprint density at radius 1 is 1.24 bits per heavy atom. The number of hydrogen-bond acceptors (Lipinski definition) is 3. The Balaban J connectivity index is 1.86. The van der Waals surface area contributed by atoms with Crippen LogP contribution in [0.25, 0.3) is 0 Å². The molecule has 1 aliphatic carbocycles. The molecule has 2 aliphatic rings. The third kappa shape index (κ3) is 3.19. The summed E-state index contributed by atoms with van der Waals surface area (Å²) in [6.45, 7) is 0. The van der Waals surface area contributed by atoms with E-state index in [-0.39, 0.29) is 17.9 Å². The maximum Gasteiger partial charge on any atom is 0.242 e. The van der Waals surface area contributed by atoms with Crippen molar-refractivity contribution in [3.8, 4) is 0 Å². The molecule has 5 heteroatoms. The highest BCUT2D eigenvalue weighted by Crippen LogP contribution is 2.18. The lowest BCUT2D eigenvalue weighted by molar-refractivity contribution is -0.126. The molecule has 96 valence electrons. The van der Waals surface area contributed by atoms with Crippen LogP contribution in [0.5, 0.6) is 0 Å². The fourth-order valence-corrected chi connectivity index (χ4v) is 2.55. The second kappa shape index (κ2) is 5.49. The van der Waals surface area contributed by atoms with Gasteiger partial charge in [-0.1, -0.05) is 19.3 Å². The molecule has 0 aromatic rings. The Hall–Kier alpha value is -1.10. The summed E-state index contributed by atoms with van der Waals surface area (Å²) < 4.78 is 0. The zero-order chi connectivity index (χ0) is 12.3. The van der Waals surface area contributed by atoms with Crippen LogP contribution in [0.2, 0.25) is 0 Å². The molecule has 17 heavy (non-hydrogen) atoms. The van der Waals surface area contributed by atoms with E-state index in [0.717, 1.165) is 32.1 Å². The van der Waals surface area contributed by atoms with Crippen LogP contribution in [0.4, 0.5) is 0 Å². The van der Waals surface area contributed by atoms with Crippen LogP contribution in [-0.2, 0) is 9.59 Å². The predicted octanol–water partition coefficient (Wildman–Crippen LogP) is 0.0748. The molecule has 1 saturated heterocycles. The van der Waals surface area contributed by atoms with Crippen LogP contribution in [0.3, 0.4) is 0 Å². The molecule has 0 bridgehead atoms. The highest BCUT2D eigenvalue weighted by Gasteiger charge is 2.30. The Labute approximate surface area is 101 Å². The fourth-order valence-electron chi connectivity index (χ4n) is 2.55. The summed E-state index contributed by atoms with van der Waals surface area (Å²) in [7, 11) is 0. The van der Waals surface area contributed by atoms with E-state index in [1.54, 1.807) is 0 Å². The Bertz CT molecular complexity index is 306. The summed E-state index contributed by atoms with van der Waals surface area (Å²) in [6, 6.07) is -0.555. The van der Waals surface area contributed by atoms with Crippen molar-refractivity contribution >= 4 is 11.8 Å². The second-order valence-electron chi connectivity index (χ2n) is 4.98. The molecule has 1 saturated carbocycles. The zero-order valence-electron chi connectivity index (χ0n) is 9.95. The average Bonchev–Trinajstić information content (AvgIpc) is 2.63. The first-order valence-electron chi connectivity index (χ1n) is 6.44. The van der Waals surface area contributed by atoms with Gasteiger partial charge in [0.15, 0.2) is 0 Å². The molecular weight excluding hydrogens is 220 g/mol. The first-order valence-corrected chi connectivity index (χ1v) is 6.44. The van der Waals surface area contributed by atoms with Gasteiger partial charge in [0, 0.05) is 6.42 Å². The van der Waals surface area contributed by atoms with E-state index in [1.165, 1.54) is 0 Å². The highest BCUT2D eigenvalue weighted by molar-refractivity contribution is 5.90. The van der Waals surface area contributed by atoms with Gasteiger partial charge in [0.05, 0.1) is 12.1 Å². The Kier molecular flexibility index (Phi) is 3.99. The van der Waals surface area contributed by atoms with Crippen LogP contribution in [0, 0.1) is 0 Å². The quantitative estimate of drug-likeness (QED) is 0.598. The molecule has 1 aliphatic heterocycles. The van der Waals surface area contributed by atoms with E-state index in [4.69, 9.17) is 0 Å². The Morgan fingerprint density at radius 3 is 2.71 bits per heavy atom. The molecule has 2 fully saturated rings. The van der Waals surface area contributed by atoms with Gasteiger partial charge in [-0.15, -0.1) is 0 Å². The summed E-state index contributed by atoms with van der Waals surface area (Å²) in [5.74, 6) is -0.214. The van der Waals surface area contributed by atoms with E-state index in [0.29, 0.717) is 12.8 Å². The normalized spacial score (nSPS) is 33.9. The van der Waals surface area contributed by atoms with Crippen molar-refractivity contribution in [3.05, 3.63) is 0 Å². The number of aliphatic hydroxyl groups excluding tert-OH is 1. The van der Waals surface area contributed by atoms with Gasteiger partial charge in [0.2, 0.25) is 11.8 Å². The monoisotopic (exact) mass is 240 g/mol. The molecule has 0 radical (unpaired) electrons. The van der Waals surface area contributed by atoms with Gasteiger partial charge in [-0.3, -0.25) is 9.59 Å².